The number of hydrogen-bond donors (Lipinski definition) is 0. The highest BCUT2D eigenvalue weighted by molar-refractivity contribution is 6.74. The van der Waals surface area contributed by atoms with E-state index in [1.807, 2.05) is 24.3 Å². The third kappa shape index (κ3) is 2.57. The van der Waals surface area contributed by atoms with E-state index in [0.717, 1.165) is 5.76 Å². The quantitative estimate of drug-likeness (QED) is 0.494. The van der Waals surface area contributed by atoms with Gasteiger partial charge in [0.05, 0.1) is 12.2 Å². The summed E-state index contributed by atoms with van der Waals surface area (Å²) >= 11 is 0. The lowest BCUT2D eigenvalue weighted by Crippen LogP contribution is -2.40. The zero-order valence-corrected chi connectivity index (χ0v) is 10.7. The van der Waals surface area contributed by atoms with E-state index in [0.29, 0.717) is 0 Å². The SMILES string of the molecule is CC(C)(C)[Si](C)(C)OC1=CC=C[C+]=C1. The van der Waals surface area contributed by atoms with Crippen LogP contribution in [0.1, 0.15) is 20.8 Å². The van der Waals surface area contributed by atoms with Gasteiger partial charge in [0.15, 0.2) is 0 Å². The van der Waals surface area contributed by atoms with Crippen LogP contribution in [0.3, 0.4) is 0 Å². The second-order valence-electron chi connectivity index (χ2n) is 5.10. The van der Waals surface area contributed by atoms with Gasteiger partial charge >= 0.3 is 0 Å². The molecule has 1 nitrogen and oxygen atoms in total. The molecule has 76 valence electrons. The fourth-order valence-electron chi connectivity index (χ4n) is 0.888. The molecule has 0 bridgehead atoms. The molecule has 14 heavy (non-hydrogen) atoms. The molecular formula is C12H19OSi+. The zero-order valence-electron chi connectivity index (χ0n) is 9.72. The van der Waals surface area contributed by atoms with Gasteiger partial charge in [-0.2, -0.15) is 0 Å². The molecule has 1 aliphatic rings. The summed E-state index contributed by atoms with van der Waals surface area (Å²) in [6.07, 6.45) is 10.8. The second-order valence-corrected chi connectivity index (χ2v) is 9.83. The summed E-state index contributed by atoms with van der Waals surface area (Å²) in [4.78, 5) is 0. The van der Waals surface area contributed by atoms with Crippen LogP contribution in [0.15, 0.2) is 30.1 Å². The van der Waals surface area contributed by atoms with Gasteiger partial charge in [-0.25, -0.2) is 0 Å². The van der Waals surface area contributed by atoms with Crippen molar-refractivity contribution in [3.05, 3.63) is 36.1 Å². The fourth-order valence-corrected chi connectivity index (χ4v) is 1.91. The van der Waals surface area contributed by atoms with Gasteiger partial charge in [0, 0.05) is 6.08 Å². The van der Waals surface area contributed by atoms with Gasteiger partial charge in [0.2, 0.25) is 5.76 Å². The van der Waals surface area contributed by atoms with Crippen molar-refractivity contribution in [3.63, 3.8) is 0 Å². The molecule has 2 heteroatoms. The molecule has 0 aliphatic heterocycles. The van der Waals surface area contributed by atoms with Gasteiger partial charge in [-0.15, -0.1) is 0 Å². The van der Waals surface area contributed by atoms with E-state index < -0.39 is 8.32 Å². The van der Waals surface area contributed by atoms with E-state index in [1.165, 1.54) is 0 Å². The summed E-state index contributed by atoms with van der Waals surface area (Å²) in [6.45, 7) is 11.2. The van der Waals surface area contributed by atoms with Crippen molar-refractivity contribution < 1.29 is 4.43 Å². The summed E-state index contributed by atoms with van der Waals surface area (Å²) < 4.78 is 6.07. The van der Waals surface area contributed by atoms with Crippen molar-refractivity contribution >= 4 is 8.32 Å². The van der Waals surface area contributed by atoms with E-state index in [9.17, 15) is 0 Å². The minimum atomic E-state index is -1.67. The van der Waals surface area contributed by atoms with Gasteiger partial charge in [0.1, 0.15) is 12.2 Å². The van der Waals surface area contributed by atoms with Crippen molar-refractivity contribution in [3.8, 4) is 0 Å². The molecule has 0 N–H and O–H groups in total. The molecule has 1 rings (SSSR count). The molecule has 1 aliphatic carbocycles. The highest BCUT2D eigenvalue weighted by atomic mass is 28.4. The van der Waals surface area contributed by atoms with Crippen LogP contribution in [0.2, 0.25) is 18.1 Å². The van der Waals surface area contributed by atoms with Crippen LogP contribution in [0.25, 0.3) is 0 Å². The summed E-state index contributed by atoms with van der Waals surface area (Å²) in [5.74, 6) is 0.944. The topological polar surface area (TPSA) is 9.23 Å². The van der Waals surface area contributed by atoms with Gasteiger partial charge in [0.25, 0.3) is 8.32 Å². The lowest BCUT2D eigenvalue weighted by atomic mass is 10.2. The van der Waals surface area contributed by atoms with E-state index >= 15 is 0 Å². The van der Waals surface area contributed by atoms with E-state index in [1.54, 1.807) is 0 Å². The molecule has 0 aromatic heterocycles. The predicted molar refractivity (Wildman–Crippen MR) is 63.3 cm³/mol. The Kier molecular flexibility index (Phi) is 2.98. The molecule has 0 saturated heterocycles. The van der Waals surface area contributed by atoms with Crippen molar-refractivity contribution in [1.82, 2.24) is 0 Å². The molecule has 0 fully saturated rings. The first kappa shape index (κ1) is 11.2. The van der Waals surface area contributed by atoms with E-state index in [-0.39, 0.29) is 5.04 Å². The fraction of sp³-hybridized carbons (Fsp3) is 0.500. The van der Waals surface area contributed by atoms with Crippen LogP contribution < -0.4 is 0 Å². The Morgan fingerprint density at radius 2 is 1.93 bits per heavy atom. The first-order valence-electron chi connectivity index (χ1n) is 4.98. The lowest BCUT2D eigenvalue weighted by Gasteiger charge is -2.34. The Hall–Kier alpha value is -0.853. The molecule has 0 unspecified atom stereocenters. The van der Waals surface area contributed by atoms with E-state index in [2.05, 4.69) is 39.9 Å². The first-order chi connectivity index (χ1) is 6.33. The van der Waals surface area contributed by atoms with Crippen LogP contribution in [0.4, 0.5) is 0 Å². The maximum absolute atomic E-state index is 6.07. The number of allylic oxidation sites excluding steroid dienone is 5. The maximum Gasteiger partial charge on any atom is 0.273 e. The van der Waals surface area contributed by atoms with Gasteiger partial charge in [-0.3, -0.25) is 0 Å². The minimum Gasteiger partial charge on any atom is -0.488 e. The van der Waals surface area contributed by atoms with Crippen molar-refractivity contribution in [2.45, 2.75) is 38.9 Å². The molecule has 0 aromatic carbocycles. The largest absolute Gasteiger partial charge is 0.488 e. The smallest absolute Gasteiger partial charge is 0.273 e. The third-order valence-corrected chi connectivity index (χ3v) is 7.22. The van der Waals surface area contributed by atoms with E-state index in [4.69, 9.17) is 4.43 Å². The van der Waals surface area contributed by atoms with Gasteiger partial charge < -0.3 is 4.43 Å². The third-order valence-electron chi connectivity index (χ3n) is 2.86. The highest BCUT2D eigenvalue weighted by Crippen LogP contribution is 2.38. The zero-order chi connectivity index (χ0) is 10.8. The minimum absolute atomic E-state index is 0.253. The standard InChI is InChI=1S/C12H19OSi/c1-12(2,3)14(4,5)13-11-9-7-6-8-10-11/h6-7,9-10H,1-5H3/q+1. The Morgan fingerprint density at radius 1 is 1.29 bits per heavy atom. The first-order valence-corrected chi connectivity index (χ1v) is 7.89. The molecule has 0 aromatic rings. The number of hydrogen-bond acceptors (Lipinski definition) is 1. The van der Waals surface area contributed by atoms with Crippen LogP contribution in [0.5, 0.6) is 0 Å². The molecule has 0 radical (unpaired) electrons. The molecule has 0 heterocycles. The molecule has 0 spiro atoms. The summed E-state index contributed by atoms with van der Waals surface area (Å²) in [6, 6.07) is 0. The normalized spacial score (nSPS) is 16.2. The molecule has 0 atom stereocenters. The lowest BCUT2D eigenvalue weighted by molar-refractivity contribution is 0.399. The average molecular weight is 207 g/mol. The Balaban J connectivity index is 2.73. The van der Waals surface area contributed by atoms with Crippen molar-refractivity contribution in [2.24, 2.45) is 0 Å². The molecular weight excluding hydrogens is 188 g/mol. The van der Waals surface area contributed by atoms with Crippen LogP contribution >= 0.6 is 0 Å². The summed E-state index contributed by atoms with van der Waals surface area (Å²) in [5, 5.41) is 0.253. The Bertz CT molecular complexity index is 290. The summed E-state index contributed by atoms with van der Waals surface area (Å²) in [7, 11) is -1.67. The second kappa shape index (κ2) is 3.72. The van der Waals surface area contributed by atoms with Gasteiger partial charge in [-0.1, -0.05) is 20.8 Å². The van der Waals surface area contributed by atoms with Crippen LogP contribution in [0, 0.1) is 6.08 Å². The molecule has 0 amide bonds. The number of rotatable bonds is 2. The molecule has 0 saturated carbocycles. The van der Waals surface area contributed by atoms with Crippen LogP contribution in [-0.2, 0) is 4.43 Å². The van der Waals surface area contributed by atoms with Crippen molar-refractivity contribution in [1.29, 1.82) is 0 Å². The summed E-state index contributed by atoms with van der Waals surface area (Å²) in [5.41, 5.74) is 0. The van der Waals surface area contributed by atoms with Gasteiger partial charge in [-0.05, 0) is 18.1 Å². The highest BCUT2D eigenvalue weighted by Gasteiger charge is 2.41. The Morgan fingerprint density at radius 3 is 2.36 bits per heavy atom. The predicted octanol–water partition coefficient (Wildman–Crippen LogP) is 3.82. The monoisotopic (exact) mass is 207 g/mol. The Labute approximate surface area is 88.3 Å². The maximum atomic E-state index is 6.07. The van der Waals surface area contributed by atoms with Crippen LogP contribution in [-0.4, -0.2) is 8.32 Å². The average Bonchev–Trinajstić information content (AvgIpc) is 2.03. The van der Waals surface area contributed by atoms with Crippen molar-refractivity contribution in [2.75, 3.05) is 0 Å².